The van der Waals surface area contributed by atoms with Crippen LogP contribution in [0.25, 0.3) is 10.9 Å². The van der Waals surface area contributed by atoms with Gasteiger partial charge >= 0.3 is 5.97 Å². The molecule has 0 bridgehead atoms. The number of rotatable bonds is 9. The van der Waals surface area contributed by atoms with Crippen LogP contribution in [0, 0.1) is 5.82 Å². The van der Waals surface area contributed by atoms with Gasteiger partial charge in [0, 0.05) is 31.7 Å². The number of hydrogen-bond donors (Lipinski definition) is 4. The minimum absolute atomic E-state index is 0.0395. The zero-order chi connectivity index (χ0) is 30.1. The molecule has 3 aromatic rings. The van der Waals surface area contributed by atoms with Crippen molar-refractivity contribution in [3.63, 3.8) is 0 Å². The van der Waals surface area contributed by atoms with Crippen molar-refractivity contribution in [1.29, 1.82) is 0 Å². The van der Waals surface area contributed by atoms with Crippen molar-refractivity contribution in [3.05, 3.63) is 63.7 Å². The third kappa shape index (κ3) is 5.59. The number of aromatic carboxylic acids is 1. The van der Waals surface area contributed by atoms with E-state index in [9.17, 15) is 24.6 Å². The third-order valence-corrected chi connectivity index (χ3v) is 7.59. The second-order valence-electron chi connectivity index (χ2n) is 10.5. The average Bonchev–Trinajstić information content (AvgIpc) is 3.80. The number of piperidine rings is 1. The van der Waals surface area contributed by atoms with Crippen molar-refractivity contribution in [2.45, 2.75) is 43.8 Å². The van der Waals surface area contributed by atoms with Gasteiger partial charge in [0.15, 0.2) is 11.6 Å². The van der Waals surface area contributed by atoms with Gasteiger partial charge in [0.05, 0.1) is 35.8 Å². The SMILES string of the molecule is CO/N=C1\CCN(c2c(F)cc3c(=O)c(C(=O)O)cn(C4CC4)c3c2OC)CC1NC(=O)[C@H](N)Cc1ccc(O)cc1. The highest BCUT2D eigenvalue weighted by Crippen LogP contribution is 2.44. The summed E-state index contributed by atoms with van der Waals surface area (Å²) < 4.78 is 23.2. The maximum Gasteiger partial charge on any atom is 0.341 e. The third-order valence-electron chi connectivity index (χ3n) is 7.59. The fourth-order valence-electron chi connectivity index (χ4n) is 5.38. The number of hydrogen-bond acceptors (Lipinski definition) is 9. The number of halogens is 1. The number of methoxy groups -OCH3 is 1. The second kappa shape index (κ2) is 11.7. The Kier molecular flexibility index (Phi) is 8.03. The van der Waals surface area contributed by atoms with Gasteiger partial charge in [-0.3, -0.25) is 9.59 Å². The van der Waals surface area contributed by atoms with Crippen LogP contribution in [0.5, 0.6) is 11.5 Å². The molecule has 13 heteroatoms. The first-order valence-electron chi connectivity index (χ1n) is 13.5. The predicted molar refractivity (Wildman–Crippen MR) is 153 cm³/mol. The molecule has 1 aliphatic carbocycles. The molecular weight excluding hydrogens is 549 g/mol. The molecule has 0 spiro atoms. The number of carboxylic acids is 1. The number of phenolic OH excluding ortho intramolecular Hbond substituents is 1. The van der Waals surface area contributed by atoms with Gasteiger partial charge in [0.25, 0.3) is 0 Å². The van der Waals surface area contributed by atoms with E-state index in [2.05, 4.69) is 10.5 Å². The number of amides is 1. The van der Waals surface area contributed by atoms with Crippen LogP contribution in [0.4, 0.5) is 10.1 Å². The minimum Gasteiger partial charge on any atom is -0.508 e. The van der Waals surface area contributed by atoms with Crippen LogP contribution in [0.2, 0.25) is 0 Å². The van der Waals surface area contributed by atoms with E-state index in [0.717, 1.165) is 24.5 Å². The first-order chi connectivity index (χ1) is 20.1. The summed E-state index contributed by atoms with van der Waals surface area (Å²) in [5, 5.41) is 26.0. The number of nitrogens with one attached hydrogen (secondary N) is 1. The molecule has 2 heterocycles. The molecule has 1 aliphatic heterocycles. The van der Waals surface area contributed by atoms with Crippen molar-refractivity contribution in [1.82, 2.24) is 9.88 Å². The summed E-state index contributed by atoms with van der Waals surface area (Å²) >= 11 is 0. The van der Waals surface area contributed by atoms with E-state index in [-0.39, 0.29) is 41.6 Å². The summed E-state index contributed by atoms with van der Waals surface area (Å²) in [6.45, 7) is 0.396. The molecule has 222 valence electrons. The second-order valence-corrected chi connectivity index (χ2v) is 10.5. The van der Waals surface area contributed by atoms with Crippen molar-refractivity contribution in [2.24, 2.45) is 10.9 Å². The Balaban J connectivity index is 1.49. The summed E-state index contributed by atoms with van der Waals surface area (Å²) in [4.78, 5) is 44.6. The number of aromatic hydroxyl groups is 1. The standard InChI is InChI=1S/C29H32FN5O7/c1-41-27-24-18(26(37)19(29(39)40)13-35(24)16-5-6-16)12-20(30)25(27)34-10-9-22(33-42-2)23(14-34)32-28(38)21(31)11-15-3-7-17(36)8-4-15/h3-4,7-8,12-13,16,21,23,36H,5-6,9-11,14,31H2,1-2H3,(H,32,38)(H,39,40)/b33-22+/t21-,23?/m1/s1. The Morgan fingerprint density at radius 1 is 1.24 bits per heavy atom. The lowest BCUT2D eigenvalue weighted by Crippen LogP contribution is -2.56. The number of nitrogens with two attached hydrogens (primary N) is 1. The normalized spacial score (nSPS) is 18.6. The average molecular weight is 582 g/mol. The number of carbonyl (C=O) groups is 2. The van der Waals surface area contributed by atoms with E-state index in [0.29, 0.717) is 24.2 Å². The van der Waals surface area contributed by atoms with Crippen molar-refractivity contribution >= 4 is 34.2 Å². The molecule has 5 N–H and O–H groups in total. The van der Waals surface area contributed by atoms with E-state index in [1.165, 1.54) is 32.5 Å². The lowest BCUT2D eigenvalue weighted by Gasteiger charge is -2.36. The summed E-state index contributed by atoms with van der Waals surface area (Å²) in [5.74, 6) is -2.39. The maximum atomic E-state index is 15.8. The molecule has 1 aromatic heterocycles. The van der Waals surface area contributed by atoms with Crippen LogP contribution >= 0.6 is 0 Å². The molecule has 5 rings (SSSR count). The summed E-state index contributed by atoms with van der Waals surface area (Å²) in [7, 11) is 2.76. The summed E-state index contributed by atoms with van der Waals surface area (Å²) in [6.07, 6.45) is 3.41. The number of anilines is 1. The van der Waals surface area contributed by atoms with Crippen LogP contribution in [-0.4, -0.2) is 71.8 Å². The first kappa shape index (κ1) is 28.9. The van der Waals surface area contributed by atoms with E-state index < -0.39 is 40.8 Å². The predicted octanol–water partition coefficient (Wildman–Crippen LogP) is 2.16. The number of nitrogens with zero attached hydrogens (tertiary/aromatic N) is 3. The van der Waals surface area contributed by atoms with Crippen LogP contribution in [-0.2, 0) is 16.1 Å². The summed E-state index contributed by atoms with van der Waals surface area (Å²) in [5.41, 5.74) is 6.67. The van der Waals surface area contributed by atoms with Crippen molar-refractivity contribution < 1.29 is 33.8 Å². The van der Waals surface area contributed by atoms with E-state index in [1.54, 1.807) is 21.6 Å². The highest BCUT2D eigenvalue weighted by molar-refractivity contribution is 5.99. The number of carboxylic acid groups (broad SMARTS) is 1. The Labute approximate surface area is 240 Å². The van der Waals surface area contributed by atoms with Gasteiger partial charge in [-0.25, -0.2) is 9.18 Å². The number of ether oxygens (including phenoxy) is 1. The molecule has 2 fully saturated rings. The number of phenols is 1. The Morgan fingerprint density at radius 2 is 1.95 bits per heavy atom. The lowest BCUT2D eigenvalue weighted by atomic mass is 9.99. The zero-order valence-corrected chi connectivity index (χ0v) is 23.2. The van der Waals surface area contributed by atoms with Crippen molar-refractivity contribution in [3.8, 4) is 11.5 Å². The fraction of sp³-hybridized carbons (Fsp3) is 0.379. The van der Waals surface area contributed by atoms with Gasteiger partial charge in [0.1, 0.15) is 24.1 Å². The van der Waals surface area contributed by atoms with E-state index >= 15 is 4.39 Å². The van der Waals surface area contributed by atoms with Crippen LogP contribution in [0.1, 0.15) is 41.2 Å². The van der Waals surface area contributed by atoms with Gasteiger partial charge in [-0.05, 0) is 43.0 Å². The number of aromatic nitrogens is 1. The molecule has 1 saturated heterocycles. The van der Waals surface area contributed by atoms with E-state index in [4.69, 9.17) is 15.3 Å². The van der Waals surface area contributed by atoms with Gasteiger partial charge < -0.3 is 40.3 Å². The van der Waals surface area contributed by atoms with Crippen LogP contribution in [0.15, 0.2) is 46.5 Å². The van der Waals surface area contributed by atoms with Gasteiger partial charge in [0.2, 0.25) is 11.3 Å². The highest BCUT2D eigenvalue weighted by atomic mass is 19.1. The van der Waals surface area contributed by atoms with Gasteiger partial charge in [-0.1, -0.05) is 17.3 Å². The molecule has 1 amide bonds. The Morgan fingerprint density at radius 3 is 2.57 bits per heavy atom. The number of fused-ring (bicyclic) bond motifs is 1. The highest BCUT2D eigenvalue weighted by Gasteiger charge is 2.35. The molecule has 0 radical (unpaired) electrons. The molecular formula is C29H32FN5O7. The smallest absolute Gasteiger partial charge is 0.341 e. The molecule has 1 saturated carbocycles. The van der Waals surface area contributed by atoms with Crippen LogP contribution < -0.4 is 26.1 Å². The monoisotopic (exact) mass is 581 g/mol. The minimum atomic E-state index is -1.39. The molecule has 12 nitrogen and oxygen atoms in total. The summed E-state index contributed by atoms with van der Waals surface area (Å²) in [6, 6.07) is 5.81. The molecule has 2 atom stereocenters. The number of carbonyl (C=O) groups excluding carboxylic acids is 1. The van der Waals surface area contributed by atoms with Crippen molar-refractivity contribution in [2.75, 3.05) is 32.2 Å². The quantitative estimate of drug-likeness (QED) is 0.277. The largest absolute Gasteiger partial charge is 0.508 e. The molecule has 42 heavy (non-hydrogen) atoms. The Hall–Kier alpha value is -4.65. The number of pyridine rings is 1. The fourth-order valence-corrected chi connectivity index (χ4v) is 5.38. The maximum absolute atomic E-state index is 15.8. The van der Waals surface area contributed by atoms with Gasteiger partial charge in [-0.2, -0.15) is 0 Å². The zero-order valence-electron chi connectivity index (χ0n) is 23.2. The topological polar surface area (TPSA) is 169 Å². The van der Waals surface area contributed by atoms with Gasteiger partial charge in [-0.15, -0.1) is 0 Å². The molecule has 1 unspecified atom stereocenters. The Bertz CT molecular complexity index is 1620. The molecule has 2 aromatic carbocycles. The van der Waals surface area contributed by atoms with Crippen LogP contribution in [0.3, 0.4) is 0 Å². The molecule has 2 aliphatic rings. The number of oxime groups is 1. The lowest BCUT2D eigenvalue weighted by molar-refractivity contribution is -0.122. The first-order valence-corrected chi connectivity index (χ1v) is 13.5. The number of benzene rings is 2. The van der Waals surface area contributed by atoms with E-state index in [1.807, 2.05) is 0 Å².